The minimum Gasteiger partial charge on any atom is -0.492 e. The summed E-state index contributed by atoms with van der Waals surface area (Å²) in [5.74, 6) is 0.901. The Morgan fingerprint density at radius 3 is 2.62 bits per heavy atom. The molecule has 29 heavy (non-hydrogen) atoms. The number of carbonyl (C=O) groups is 2. The number of para-hydroxylation sites is 1. The van der Waals surface area contributed by atoms with Crippen LogP contribution in [0.2, 0.25) is 0 Å². The van der Waals surface area contributed by atoms with Gasteiger partial charge >= 0.3 is 0 Å². The van der Waals surface area contributed by atoms with Gasteiger partial charge in [-0.25, -0.2) is 0 Å². The standard InChI is InChI=1S/C23H27N3O3/c1-17(27)26-12-10-18-16-19(8-9-21(18)26)24-22(28)23(2)11-13-25(23)14-15-29-20-6-4-3-5-7-20/h3-9,16H,10-15H2,1-2H3,(H,24,28). The van der Waals surface area contributed by atoms with E-state index in [1.807, 2.05) is 55.5 Å². The minimum absolute atomic E-state index is 0.00447. The lowest BCUT2D eigenvalue weighted by Crippen LogP contribution is -2.65. The van der Waals surface area contributed by atoms with E-state index >= 15 is 0 Å². The van der Waals surface area contributed by atoms with Gasteiger partial charge in [-0.1, -0.05) is 18.2 Å². The zero-order valence-corrected chi connectivity index (χ0v) is 17.0. The van der Waals surface area contributed by atoms with Crippen molar-refractivity contribution in [3.8, 4) is 5.75 Å². The Morgan fingerprint density at radius 2 is 1.93 bits per heavy atom. The van der Waals surface area contributed by atoms with Gasteiger partial charge in [0.2, 0.25) is 11.8 Å². The second-order valence-corrected chi connectivity index (χ2v) is 7.89. The summed E-state index contributed by atoms with van der Waals surface area (Å²) < 4.78 is 5.78. The van der Waals surface area contributed by atoms with E-state index in [2.05, 4.69) is 10.2 Å². The van der Waals surface area contributed by atoms with Gasteiger partial charge in [0, 0.05) is 37.9 Å². The number of nitrogens with one attached hydrogen (secondary N) is 1. The molecule has 2 aromatic rings. The molecule has 1 fully saturated rings. The Labute approximate surface area is 171 Å². The van der Waals surface area contributed by atoms with Gasteiger partial charge in [-0.3, -0.25) is 14.5 Å². The molecule has 1 unspecified atom stereocenters. The molecule has 2 heterocycles. The summed E-state index contributed by atoms with van der Waals surface area (Å²) in [6, 6.07) is 15.5. The van der Waals surface area contributed by atoms with Crippen molar-refractivity contribution in [2.24, 2.45) is 0 Å². The number of hydrogen-bond acceptors (Lipinski definition) is 4. The maximum atomic E-state index is 13.0. The van der Waals surface area contributed by atoms with Gasteiger partial charge in [-0.2, -0.15) is 0 Å². The number of rotatable bonds is 6. The van der Waals surface area contributed by atoms with Crippen molar-refractivity contribution >= 4 is 23.2 Å². The highest BCUT2D eigenvalue weighted by Crippen LogP contribution is 2.33. The number of anilines is 2. The zero-order chi connectivity index (χ0) is 20.4. The Hall–Kier alpha value is -2.86. The van der Waals surface area contributed by atoms with Crippen LogP contribution in [0.15, 0.2) is 48.5 Å². The summed E-state index contributed by atoms with van der Waals surface area (Å²) in [4.78, 5) is 28.6. The maximum absolute atomic E-state index is 13.0. The van der Waals surface area contributed by atoms with Crippen LogP contribution in [-0.2, 0) is 16.0 Å². The summed E-state index contributed by atoms with van der Waals surface area (Å²) in [5.41, 5.74) is 2.31. The number of nitrogens with zero attached hydrogens (tertiary/aromatic N) is 2. The van der Waals surface area contributed by atoms with Gasteiger partial charge in [0.05, 0.1) is 5.54 Å². The van der Waals surface area contributed by atoms with E-state index in [0.29, 0.717) is 19.7 Å². The number of fused-ring (bicyclic) bond motifs is 1. The third kappa shape index (κ3) is 3.85. The third-order valence-corrected chi connectivity index (χ3v) is 6.04. The van der Waals surface area contributed by atoms with Gasteiger partial charge in [-0.15, -0.1) is 0 Å². The molecule has 1 saturated heterocycles. The van der Waals surface area contributed by atoms with E-state index < -0.39 is 5.54 Å². The lowest BCUT2D eigenvalue weighted by Gasteiger charge is -2.49. The second-order valence-electron chi connectivity index (χ2n) is 7.89. The number of ether oxygens (including phenoxy) is 1. The lowest BCUT2D eigenvalue weighted by molar-refractivity contribution is -0.135. The van der Waals surface area contributed by atoms with Crippen LogP contribution in [0.3, 0.4) is 0 Å². The van der Waals surface area contributed by atoms with Crippen LogP contribution in [0, 0.1) is 0 Å². The predicted molar refractivity (Wildman–Crippen MR) is 113 cm³/mol. The molecule has 0 saturated carbocycles. The molecule has 2 amide bonds. The largest absolute Gasteiger partial charge is 0.492 e. The Morgan fingerprint density at radius 1 is 1.14 bits per heavy atom. The molecule has 6 heteroatoms. The van der Waals surface area contributed by atoms with Gasteiger partial charge in [-0.05, 0) is 55.7 Å². The van der Waals surface area contributed by atoms with Crippen LogP contribution >= 0.6 is 0 Å². The second kappa shape index (κ2) is 7.87. The summed E-state index contributed by atoms with van der Waals surface area (Å²) in [5, 5.41) is 3.07. The van der Waals surface area contributed by atoms with E-state index in [4.69, 9.17) is 4.74 Å². The van der Waals surface area contributed by atoms with Crippen LogP contribution < -0.4 is 15.0 Å². The average molecular weight is 393 g/mol. The van der Waals surface area contributed by atoms with Gasteiger partial charge in [0.15, 0.2) is 0 Å². The average Bonchev–Trinajstić information content (AvgIpc) is 3.14. The van der Waals surface area contributed by atoms with Crippen LogP contribution in [-0.4, -0.2) is 48.5 Å². The molecule has 2 aliphatic heterocycles. The molecule has 2 aromatic carbocycles. The smallest absolute Gasteiger partial charge is 0.244 e. The molecule has 1 N–H and O–H groups in total. The molecule has 6 nitrogen and oxygen atoms in total. The first-order valence-electron chi connectivity index (χ1n) is 10.1. The quantitative estimate of drug-likeness (QED) is 0.819. The molecule has 0 radical (unpaired) electrons. The molecular formula is C23H27N3O3. The minimum atomic E-state index is -0.523. The van der Waals surface area contributed by atoms with Crippen LogP contribution in [0.25, 0.3) is 0 Å². The molecule has 0 bridgehead atoms. The van der Waals surface area contributed by atoms with Crippen molar-refractivity contribution in [2.45, 2.75) is 32.2 Å². The summed E-state index contributed by atoms with van der Waals surface area (Å²) in [6.45, 7) is 6.41. The fourth-order valence-electron chi connectivity index (χ4n) is 4.08. The first-order chi connectivity index (χ1) is 14.0. The van der Waals surface area contributed by atoms with Gasteiger partial charge in [0.1, 0.15) is 12.4 Å². The van der Waals surface area contributed by atoms with Crippen molar-refractivity contribution in [3.05, 3.63) is 54.1 Å². The number of amides is 2. The lowest BCUT2D eigenvalue weighted by atomic mass is 9.85. The normalized spacial score (nSPS) is 20.7. The number of benzene rings is 2. The van der Waals surface area contributed by atoms with E-state index in [1.54, 1.807) is 11.8 Å². The number of hydrogen-bond donors (Lipinski definition) is 1. The van der Waals surface area contributed by atoms with Crippen molar-refractivity contribution < 1.29 is 14.3 Å². The van der Waals surface area contributed by atoms with E-state index in [1.165, 1.54) is 0 Å². The molecule has 4 rings (SSSR count). The van der Waals surface area contributed by atoms with Crippen LogP contribution in [0.5, 0.6) is 5.75 Å². The van der Waals surface area contributed by atoms with Crippen LogP contribution in [0.1, 0.15) is 25.8 Å². The highest BCUT2D eigenvalue weighted by Gasteiger charge is 2.46. The Kier molecular flexibility index (Phi) is 5.28. The molecule has 0 spiro atoms. The zero-order valence-electron chi connectivity index (χ0n) is 17.0. The molecule has 0 aromatic heterocycles. The molecular weight excluding hydrogens is 366 g/mol. The van der Waals surface area contributed by atoms with E-state index in [0.717, 1.165) is 42.1 Å². The third-order valence-electron chi connectivity index (χ3n) is 6.04. The van der Waals surface area contributed by atoms with Crippen molar-refractivity contribution in [3.63, 3.8) is 0 Å². The Bertz CT molecular complexity index is 915. The fraction of sp³-hybridized carbons (Fsp3) is 0.391. The molecule has 1 atom stereocenters. The van der Waals surface area contributed by atoms with Crippen molar-refractivity contribution in [1.82, 2.24) is 4.90 Å². The predicted octanol–water partition coefficient (Wildman–Crippen LogP) is 3.08. The Balaban J connectivity index is 1.35. The first-order valence-corrected chi connectivity index (χ1v) is 10.1. The fourth-order valence-corrected chi connectivity index (χ4v) is 4.08. The first kappa shape index (κ1) is 19.5. The van der Waals surface area contributed by atoms with Crippen molar-refractivity contribution in [1.29, 1.82) is 0 Å². The monoisotopic (exact) mass is 393 g/mol. The molecule has 0 aliphatic carbocycles. The van der Waals surface area contributed by atoms with E-state index in [9.17, 15) is 9.59 Å². The highest BCUT2D eigenvalue weighted by molar-refractivity contribution is 5.99. The molecule has 2 aliphatic rings. The summed E-state index contributed by atoms with van der Waals surface area (Å²) >= 11 is 0. The topological polar surface area (TPSA) is 61.9 Å². The summed E-state index contributed by atoms with van der Waals surface area (Å²) in [6.07, 6.45) is 1.64. The summed E-state index contributed by atoms with van der Waals surface area (Å²) in [7, 11) is 0. The number of likely N-dealkylation sites (tertiary alicyclic amines) is 1. The maximum Gasteiger partial charge on any atom is 0.244 e. The van der Waals surface area contributed by atoms with Crippen molar-refractivity contribution in [2.75, 3.05) is 36.5 Å². The van der Waals surface area contributed by atoms with Gasteiger partial charge < -0.3 is 15.0 Å². The number of carbonyl (C=O) groups excluding carboxylic acids is 2. The van der Waals surface area contributed by atoms with Crippen LogP contribution in [0.4, 0.5) is 11.4 Å². The molecule has 152 valence electrons. The van der Waals surface area contributed by atoms with E-state index in [-0.39, 0.29) is 11.8 Å². The van der Waals surface area contributed by atoms with Gasteiger partial charge in [0.25, 0.3) is 0 Å². The SMILES string of the molecule is CC(=O)N1CCc2cc(NC(=O)C3(C)CCN3CCOc3ccccc3)ccc21. The highest BCUT2D eigenvalue weighted by atomic mass is 16.5.